The van der Waals surface area contributed by atoms with Gasteiger partial charge in [-0.3, -0.25) is 0 Å². The molecule has 0 atom stereocenters. The summed E-state index contributed by atoms with van der Waals surface area (Å²) in [5.74, 6) is -0.554. The lowest BCUT2D eigenvalue weighted by molar-refractivity contribution is -0.133. The predicted octanol–water partition coefficient (Wildman–Crippen LogP) is 5.60. The molecule has 0 N–H and O–H groups in total. The Balaban J connectivity index is 2.05. The van der Waals surface area contributed by atoms with Crippen molar-refractivity contribution in [3.63, 3.8) is 0 Å². The molecular weight excluding hydrogens is 369 g/mol. The summed E-state index contributed by atoms with van der Waals surface area (Å²) in [6.07, 6.45) is 0. The van der Waals surface area contributed by atoms with E-state index in [1.54, 1.807) is 0 Å². The quantitative estimate of drug-likeness (QED) is 0.245. The zero-order valence-corrected chi connectivity index (χ0v) is 14.9. The monoisotopic (exact) mass is 379 g/mol. The standard InChI is InChI=1S/C21H11Cl2NO2/c22-21(23)18-16(13-7-2-1-3-8-13)17-14-9-5-4-6-12(14)10-11-15(17)24-19(18)26-20(21)25/h1-11H. The number of alkyl halides is 2. The highest BCUT2D eigenvalue weighted by Crippen LogP contribution is 2.52. The van der Waals surface area contributed by atoms with Crippen LogP contribution in [0.4, 0.5) is 0 Å². The van der Waals surface area contributed by atoms with Crippen molar-refractivity contribution in [2.24, 2.45) is 0 Å². The highest BCUT2D eigenvalue weighted by atomic mass is 35.5. The molecule has 2 heterocycles. The van der Waals surface area contributed by atoms with Gasteiger partial charge in [0.25, 0.3) is 0 Å². The number of halogens is 2. The molecule has 3 aromatic carbocycles. The normalized spacial score (nSPS) is 15.2. The number of carbonyl (C=O) groups is 1. The van der Waals surface area contributed by atoms with Crippen molar-refractivity contribution in [3.05, 3.63) is 72.3 Å². The highest BCUT2D eigenvalue weighted by Gasteiger charge is 2.50. The average molecular weight is 380 g/mol. The fourth-order valence-corrected chi connectivity index (χ4v) is 3.95. The van der Waals surface area contributed by atoms with Gasteiger partial charge in [-0.15, -0.1) is 0 Å². The Morgan fingerprint density at radius 3 is 2.42 bits per heavy atom. The van der Waals surface area contributed by atoms with E-state index in [-0.39, 0.29) is 5.88 Å². The number of pyridine rings is 1. The Morgan fingerprint density at radius 1 is 0.885 bits per heavy atom. The Bertz CT molecular complexity index is 1200. The lowest BCUT2D eigenvalue weighted by atomic mass is 9.92. The number of hydrogen-bond acceptors (Lipinski definition) is 3. The molecule has 26 heavy (non-hydrogen) atoms. The smallest absolute Gasteiger partial charge is 0.354 e. The summed E-state index contributed by atoms with van der Waals surface area (Å²) in [5, 5.41) is 2.98. The maximum atomic E-state index is 12.3. The molecule has 3 nitrogen and oxygen atoms in total. The molecule has 0 saturated carbocycles. The zero-order chi connectivity index (χ0) is 17.9. The molecule has 1 aliphatic heterocycles. The molecule has 0 radical (unpaired) electrons. The van der Waals surface area contributed by atoms with Crippen molar-refractivity contribution >= 4 is 50.8 Å². The first-order valence-corrected chi connectivity index (χ1v) is 8.84. The lowest BCUT2D eigenvalue weighted by Crippen LogP contribution is -2.20. The topological polar surface area (TPSA) is 39.2 Å². The van der Waals surface area contributed by atoms with Crippen molar-refractivity contribution in [1.29, 1.82) is 0 Å². The summed E-state index contributed by atoms with van der Waals surface area (Å²) in [6, 6.07) is 21.7. The van der Waals surface area contributed by atoms with Crippen LogP contribution in [0.5, 0.6) is 5.88 Å². The van der Waals surface area contributed by atoms with Crippen LogP contribution in [-0.2, 0) is 9.13 Å². The Morgan fingerprint density at radius 2 is 1.62 bits per heavy atom. The van der Waals surface area contributed by atoms with Crippen molar-refractivity contribution in [2.45, 2.75) is 4.33 Å². The van der Waals surface area contributed by atoms with E-state index in [1.165, 1.54) is 0 Å². The minimum atomic E-state index is -1.79. The summed E-state index contributed by atoms with van der Waals surface area (Å²) in [7, 11) is 0. The molecule has 5 rings (SSSR count). The molecule has 1 aromatic heterocycles. The summed E-state index contributed by atoms with van der Waals surface area (Å²) >= 11 is 12.8. The first-order chi connectivity index (χ1) is 12.6. The van der Waals surface area contributed by atoms with E-state index in [0.29, 0.717) is 5.56 Å². The van der Waals surface area contributed by atoms with Gasteiger partial charge in [-0.05, 0) is 22.4 Å². The molecular formula is C21H11Cl2NO2. The van der Waals surface area contributed by atoms with E-state index >= 15 is 0 Å². The summed E-state index contributed by atoms with van der Waals surface area (Å²) in [4.78, 5) is 16.8. The first kappa shape index (κ1) is 15.6. The summed E-state index contributed by atoms with van der Waals surface area (Å²) < 4.78 is 3.50. The van der Waals surface area contributed by atoms with E-state index in [9.17, 15) is 4.79 Å². The van der Waals surface area contributed by atoms with E-state index < -0.39 is 10.3 Å². The van der Waals surface area contributed by atoms with Gasteiger partial charge in [0.2, 0.25) is 10.2 Å². The van der Waals surface area contributed by atoms with Gasteiger partial charge in [0.1, 0.15) is 0 Å². The van der Waals surface area contributed by atoms with Crippen LogP contribution in [0.2, 0.25) is 0 Å². The van der Waals surface area contributed by atoms with E-state index in [0.717, 1.165) is 32.8 Å². The minimum Gasteiger partial charge on any atom is -0.404 e. The second-order valence-corrected chi connectivity index (χ2v) is 7.51. The van der Waals surface area contributed by atoms with Crippen LogP contribution >= 0.6 is 23.2 Å². The van der Waals surface area contributed by atoms with Crippen LogP contribution in [-0.4, -0.2) is 11.0 Å². The summed E-state index contributed by atoms with van der Waals surface area (Å²) in [6.45, 7) is 0. The third-order valence-corrected chi connectivity index (χ3v) is 5.35. The molecule has 4 aromatic rings. The number of benzene rings is 3. The van der Waals surface area contributed by atoms with E-state index in [2.05, 4.69) is 4.98 Å². The third-order valence-electron chi connectivity index (χ3n) is 4.67. The SMILES string of the molecule is O=C1Oc2nc3ccc4ccccc4c3c(-c3ccccc3)c2C1(Cl)Cl. The number of hydrogen-bond donors (Lipinski definition) is 0. The van der Waals surface area contributed by atoms with Crippen LogP contribution < -0.4 is 4.74 Å². The Kier molecular flexibility index (Phi) is 3.27. The maximum Gasteiger partial charge on any atom is 0.354 e. The van der Waals surface area contributed by atoms with Crippen LogP contribution in [0.25, 0.3) is 32.8 Å². The molecule has 0 amide bonds. The molecule has 5 heteroatoms. The van der Waals surface area contributed by atoms with Crippen molar-refractivity contribution < 1.29 is 9.53 Å². The maximum absolute atomic E-state index is 12.3. The van der Waals surface area contributed by atoms with Crippen molar-refractivity contribution in [2.75, 3.05) is 0 Å². The van der Waals surface area contributed by atoms with Gasteiger partial charge in [-0.1, -0.05) is 83.9 Å². The van der Waals surface area contributed by atoms with Crippen LogP contribution in [0.3, 0.4) is 0 Å². The number of nitrogens with zero attached hydrogens (tertiary/aromatic N) is 1. The van der Waals surface area contributed by atoms with Crippen molar-refractivity contribution in [1.82, 2.24) is 4.98 Å². The molecule has 0 spiro atoms. The largest absolute Gasteiger partial charge is 0.404 e. The van der Waals surface area contributed by atoms with Gasteiger partial charge in [-0.2, -0.15) is 0 Å². The molecule has 0 saturated heterocycles. The molecule has 126 valence electrons. The number of rotatable bonds is 1. The second-order valence-electron chi connectivity index (χ2n) is 6.18. The lowest BCUT2D eigenvalue weighted by Gasteiger charge is -2.17. The van der Waals surface area contributed by atoms with E-state index in [4.69, 9.17) is 27.9 Å². The zero-order valence-electron chi connectivity index (χ0n) is 13.4. The Labute approximate surface area is 159 Å². The van der Waals surface area contributed by atoms with Gasteiger partial charge in [-0.25, -0.2) is 9.78 Å². The first-order valence-electron chi connectivity index (χ1n) is 8.09. The number of fused-ring (bicyclic) bond motifs is 4. The van der Waals surface area contributed by atoms with Gasteiger partial charge in [0.05, 0.1) is 11.1 Å². The van der Waals surface area contributed by atoms with Gasteiger partial charge >= 0.3 is 5.97 Å². The van der Waals surface area contributed by atoms with Gasteiger partial charge in [0.15, 0.2) is 0 Å². The number of ether oxygens (including phenoxy) is 1. The molecule has 0 aliphatic carbocycles. The number of esters is 1. The Hall–Kier alpha value is -2.62. The fraction of sp³-hybridized carbons (Fsp3) is 0.0476. The van der Waals surface area contributed by atoms with E-state index in [1.807, 2.05) is 66.7 Å². The predicted molar refractivity (Wildman–Crippen MR) is 104 cm³/mol. The number of carbonyl (C=O) groups excluding carboxylic acids is 1. The average Bonchev–Trinajstić information content (AvgIpc) is 2.89. The minimum absolute atomic E-state index is 0.168. The molecule has 0 unspecified atom stereocenters. The molecule has 0 bridgehead atoms. The number of aromatic nitrogens is 1. The van der Waals surface area contributed by atoms with Crippen LogP contribution in [0, 0.1) is 0 Å². The fourth-order valence-electron chi connectivity index (χ4n) is 3.53. The molecule has 0 fully saturated rings. The van der Waals surface area contributed by atoms with Crippen molar-refractivity contribution in [3.8, 4) is 17.0 Å². The van der Waals surface area contributed by atoms with Crippen LogP contribution in [0.1, 0.15) is 5.56 Å². The summed E-state index contributed by atoms with van der Waals surface area (Å²) in [5.41, 5.74) is 2.80. The third kappa shape index (κ3) is 2.08. The van der Waals surface area contributed by atoms with Gasteiger partial charge in [0, 0.05) is 10.9 Å². The van der Waals surface area contributed by atoms with Crippen LogP contribution in [0.15, 0.2) is 66.7 Å². The highest BCUT2D eigenvalue weighted by molar-refractivity contribution is 6.58. The van der Waals surface area contributed by atoms with Gasteiger partial charge < -0.3 is 4.74 Å². The molecule has 1 aliphatic rings. The second kappa shape index (κ2) is 5.44.